The lowest BCUT2D eigenvalue weighted by Gasteiger charge is -2.30. The molecule has 1 aliphatic carbocycles. The predicted molar refractivity (Wildman–Crippen MR) is 84.0 cm³/mol. The average molecular weight is 293 g/mol. The molecule has 1 saturated carbocycles. The Morgan fingerprint density at radius 2 is 2.14 bits per heavy atom. The molecule has 0 radical (unpaired) electrons. The quantitative estimate of drug-likeness (QED) is 0.750. The fourth-order valence-electron chi connectivity index (χ4n) is 3.26. The Morgan fingerprint density at radius 3 is 2.81 bits per heavy atom. The van der Waals surface area contributed by atoms with Crippen LogP contribution in [0.4, 0.5) is 5.69 Å². The molecule has 0 saturated heterocycles. The van der Waals surface area contributed by atoms with E-state index in [9.17, 15) is 9.90 Å². The van der Waals surface area contributed by atoms with Gasteiger partial charge in [0.1, 0.15) is 5.69 Å². The minimum atomic E-state index is -0.0672. The molecule has 2 rings (SSSR count). The van der Waals surface area contributed by atoms with Crippen LogP contribution in [0.15, 0.2) is 12.3 Å². The number of hydrogen-bond acceptors (Lipinski definition) is 3. The summed E-state index contributed by atoms with van der Waals surface area (Å²) in [4.78, 5) is 12.3. The Labute approximate surface area is 126 Å². The van der Waals surface area contributed by atoms with Crippen LogP contribution in [0.25, 0.3) is 0 Å². The molecule has 5 nitrogen and oxygen atoms in total. The summed E-state index contributed by atoms with van der Waals surface area (Å²) in [5.41, 5.74) is 7.05. The first-order valence-corrected chi connectivity index (χ1v) is 8.00. The van der Waals surface area contributed by atoms with Crippen molar-refractivity contribution in [1.29, 1.82) is 0 Å². The summed E-state index contributed by atoms with van der Waals surface area (Å²) in [5.74, 6) is 0.647. The maximum atomic E-state index is 12.3. The van der Waals surface area contributed by atoms with Crippen molar-refractivity contribution in [3.8, 4) is 0 Å². The Bertz CT molecular complexity index is 470. The van der Waals surface area contributed by atoms with E-state index in [-0.39, 0.29) is 12.5 Å². The number of aromatic nitrogens is 1. The van der Waals surface area contributed by atoms with Crippen molar-refractivity contribution in [2.24, 2.45) is 11.8 Å². The highest BCUT2D eigenvalue weighted by molar-refractivity contribution is 5.93. The van der Waals surface area contributed by atoms with E-state index in [1.807, 2.05) is 10.8 Å². The first kappa shape index (κ1) is 15.9. The molecule has 4 N–H and O–H groups in total. The zero-order valence-corrected chi connectivity index (χ0v) is 12.8. The van der Waals surface area contributed by atoms with Crippen LogP contribution in [0.2, 0.25) is 0 Å². The van der Waals surface area contributed by atoms with Gasteiger partial charge in [0, 0.05) is 25.9 Å². The molecule has 2 atom stereocenters. The first-order valence-electron chi connectivity index (χ1n) is 8.00. The molecular formula is C16H27N3O2. The largest absolute Gasteiger partial charge is 0.397 e. The molecule has 1 aromatic rings. The van der Waals surface area contributed by atoms with Crippen LogP contribution in [-0.4, -0.2) is 28.7 Å². The second-order valence-electron chi connectivity index (χ2n) is 6.05. The van der Waals surface area contributed by atoms with Gasteiger partial charge >= 0.3 is 0 Å². The van der Waals surface area contributed by atoms with Crippen LogP contribution in [-0.2, 0) is 6.54 Å². The first-order chi connectivity index (χ1) is 10.2. The normalized spacial score (nSPS) is 22.2. The number of aryl methyl sites for hydroxylation is 1. The fraction of sp³-hybridized carbons (Fsp3) is 0.688. The minimum absolute atomic E-state index is 0.0672. The highest BCUT2D eigenvalue weighted by Gasteiger charge is 2.25. The summed E-state index contributed by atoms with van der Waals surface area (Å²) in [5, 5.41) is 12.4. The average Bonchev–Trinajstić information content (AvgIpc) is 2.86. The third-order valence-electron chi connectivity index (χ3n) is 4.44. The molecule has 21 heavy (non-hydrogen) atoms. The lowest BCUT2D eigenvalue weighted by atomic mass is 9.79. The van der Waals surface area contributed by atoms with Crippen molar-refractivity contribution in [2.75, 3.05) is 18.9 Å². The van der Waals surface area contributed by atoms with Gasteiger partial charge in [0.25, 0.3) is 5.91 Å². The maximum absolute atomic E-state index is 12.3. The molecule has 1 heterocycles. The van der Waals surface area contributed by atoms with E-state index in [2.05, 4.69) is 12.2 Å². The minimum Gasteiger partial charge on any atom is -0.397 e. The highest BCUT2D eigenvalue weighted by Crippen LogP contribution is 2.29. The predicted octanol–water partition coefficient (Wildman–Crippen LogP) is 2.01. The second kappa shape index (κ2) is 7.50. The number of carbonyl (C=O) groups excluding carboxylic acids is 1. The van der Waals surface area contributed by atoms with Gasteiger partial charge in [0.15, 0.2) is 0 Å². The lowest BCUT2D eigenvalue weighted by molar-refractivity contribution is 0.0900. The van der Waals surface area contributed by atoms with Crippen molar-refractivity contribution in [2.45, 2.75) is 45.6 Å². The third-order valence-corrected chi connectivity index (χ3v) is 4.44. The zero-order valence-electron chi connectivity index (χ0n) is 12.8. The van der Waals surface area contributed by atoms with E-state index >= 15 is 0 Å². The summed E-state index contributed by atoms with van der Waals surface area (Å²) in [7, 11) is 0. The number of nitrogens with two attached hydrogens (primary N) is 1. The SMILES string of the molecule is CCCn1cc(N)cc1C(=O)NCC1CCCCC1CO. The number of nitrogens with one attached hydrogen (secondary N) is 1. The molecule has 0 aromatic carbocycles. The van der Waals surface area contributed by atoms with Gasteiger partial charge in [0.2, 0.25) is 0 Å². The van der Waals surface area contributed by atoms with Crippen LogP contribution in [0.5, 0.6) is 0 Å². The van der Waals surface area contributed by atoms with Crippen LogP contribution >= 0.6 is 0 Å². The van der Waals surface area contributed by atoms with Crippen molar-refractivity contribution in [3.63, 3.8) is 0 Å². The zero-order chi connectivity index (χ0) is 15.2. The van der Waals surface area contributed by atoms with E-state index in [1.54, 1.807) is 6.07 Å². The number of hydrogen-bond donors (Lipinski definition) is 3. The van der Waals surface area contributed by atoms with Gasteiger partial charge in [0.05, 0.1) is 5.69 Å². The molecule has 1 fully saturated rings. The number of aliphatic hydroxyl groups is 1. The Balaban J connectivity index is 1.95. The number of nitrogen functional groups attached to an aromatic ring is 1. The number of amides is 1. The molecule has 0 spiro atoms. The van der Waals surface area contributed by atoms with Crippen molar-refractivity contribution >= 4 is 11.6 Å². The number of aliphatic hydroxyl groups excluding tert-OH is 1. The smallest absolute Gasteiger partial charge is 0.267 e. The molecular weight excluding hydrogens is 266 g/mol. The molecule has 1 aliphatic rings. The summed E-state index contributed by atoms with van der Waals surface area (Å²) in [6.45, 7) is 3.73. The molecule has 1 aromatic heterocycles. The lowest BCUT2D eigenvalue weighted by Crippen LogP contribution is -2.36. The van der Waals surface area contributed by atoms with Gasteiger partial charge in [-0.2, -0.15) is 0 Å². The second-order valence-corrected chi connectivity index (χ2v) is 6.05. The maximum Gasteiger partial charge on any atom is 0.267 e. The molecule has 0 aliphatic heterocycles. The van der Waals surface area contributed by atoms with Gasteiger partial charge in [-0.25, -0.2) is 0 Å². The highest BCUT2D eigenvalue weighted by atomic mass is 16.3. The van der Waals surface area contributed by atoms with Crippen molar-refractivity contribution in [3.05, 3.63) is 18.0 Å². The molecule has 118 valence electrons. The van der Waals surface area contributed by atoms with Gasteiger partial charge < -0.3 is 20.7 Å². The topological polar surface area (TPSA) is 80.3 Å². The molecule has 0 bridgehead atoms. The summed E-state index contributed by atoms with van der Waals surface area (Å²) in [6, 6.07) is 1.73. The van der Waals surface area contributed by atoms with Gasteiger partial charge in [-0.05, 0) is 37.2 Å². The standard InChI is InChI=1S/C16H27N3O2/c1-2-7-19-10-14(17)8-15(19)16(21)18-9-12-5-3-4-6-13(12)11-20/h8,10,12-13,20H,2-7,9,11,17H2,1H3,(H,18,21). The summed E-state index contributed by atoms with van der Waals surface area (Å²) in [6.07, 6.45) is 7.31. The van der Waals surface area contributed by atoms with Gasteiger partial charge in [-0.3, -0.25) is 4.79 Å². The van der Waals surface area contributed by atoms with E-state index < -0.39 is 0 Å². The Kier molecular flexibility index (Phi) is 5.67. The fourth-order valence-corrected chi connectivity index (χ4v) is 3.26. The number of nitrogens with zero attached hydrogens (tertiary/aromatic N) is 1. The van der Waals surface area contributed by atoms with Crippen molar-refractivity contribution < 1.29 is 9.90 Å². The van der Waals surface area contributed by atoms with E-state index in [4.69, 9.17) is 5.73 Å². The van der Waals surface area contributed by atoms with Crippen LogP contribution in [0.3, 0.4) is 0 Å². The van der Waals surface area contributed by atoms with E-state index in [0.717, 1.165) is 25.8 Å². The van der Waals surface area contributed by atoms with Crippen molar-refractivity contribution in [1.82, 2.24) is 9.88 Å². The van der Waals surface area contributed by atoms with E-state index in [0.29, 0.717) is 29.8 Å². The third kappa shape index (κ3) is 4.00. The van der Waals surface area contributed by atoms with Gasteiger partial charge in [-0.15, -0.1) is 0 Å². The molecule has 2 unspecified atom stereocenters. The molecule has 1 amide bonds. The van der Waals surface area contributed by atoms with E-state index in [1.165, 1.54) is 12.8 Å². The van der Waals surface area contributed by atoms with Gasteiger partial charge in [-0.1, -0.05) is 19.8 Å². The monoisotopic (exact) mass is 293 g/mol. The van der Waals surface area contributed by atoms with Crippen LogP contribution < -0.4 is 11.1 Å². The summed E-state index contributed by atoms with van der Waals surface area (Å²) < 4.78 is 1.91. The number of rotatable bonds is 6. The number of anilines is 1. The molecule has 5 heteroatoms. The number of carbonyl (C=O) groups is 1. The van der Waals surface area contributed by atoms with Crippen LogP contribution in [0.1, 0.15) is 49.5 Å². The Morgan fingerprint density at radius 1 is 1.43 bits per heavy atom. The summed E-state index contributed by atoms with van der Waals surface area (Å²) >= 11 is 0. The van der Waals surface area contributed by atoms with Crippen LogP contribution in [0, 0.1) is 11.8 Å². The Hall–Kier alpha value is -1.49.